The Hall–Kier alpha value is -3.32. The van der Waals surface area contributed by atoms with Gasteiger partial charge in [-0.25, -0.2) is 0 Å². The number of anilines is 1. The van der Waals surface area contributed by atoms with Gasteiger partial charge in [0.2, 0.25) is 5.91 Å². The summed E-state index contributed by atoms with van der Waals surface area (Å²) in [5, 5.41) is 11.5. The summed E-state index contributed by atoms with van der Waals surface area (Å²) in [5.74, 6) is 1.81. The van der Waals surface area contributed by atoms with Crippen molar-refractivity contribution in [2.45, 2.75) is 12.1 Å². The molecule has 0 saturated heterocycles. The number of hydrogen-bond acceptors (Lipinski definition) is 5. The topological polar surface area (TPSA) is 60.3 Å². The Balaban J connectivity index is 1.52. The molecule has 1 aromatic heterocycles. The maximum absolute atomic E-state index is 13.1. The summed E-state index contributed by atoms with van der Waals surface area (Å²) in [6.07, 6.45) is 0. The smallest absolute Gasteiger partial charge is 0.237 e. The van der Waals surface area contributed by atoms with E-state index in [1.165, 1.54) is 11.8 Å². The van der Waals surface area contributed by atoms with Crippen molar-refractivity contribution in [3.05, 3.63) is 66.7 Å². The highest BCUT2D eigenvalue weighted by Gasteiger charge is 2.19. The van der Waals surface area contributed by atoms with Gasteiger partial charge in [-0.2, -0.15) is 0 Å². The van der Waals surface area contributed by atoms with Crippen molar-refractivity contribution in [3.63, 3.8) is 0 Å². The number of thioether (sulfide) groups is 1. The zero-order valence-electron chi connectivity index (χ0n) is 17.8. The van der Waals surface area contributed by atoms with Crippen molar-refractivity contribution < 1.29 is 9.53 Å². The molecule has 0 radical (unpaired) electrons. The lowest BCUT2D eigenvalue weighted by Gasteiger charge is -2.22. The summed E-state index contributed by atoms with van der Waals surface area (Å²) in [5.41, 5.74) is 1.85. The fraction of sp³-hybridized carbons (Fsp3) is 0.208. The maximum atomic E-state index is 13.1. The van der Waals surface area contributed by atoms with Gasteiger partial charge in [-0.15, -0.1) is 10.2 Å². The molecule has 31 heavy (non-hydrogen) atoms. The minimum atomic E-state index is 0.0368. The van der Waals surface area contributed by atoms with Gasteiger partial charge >= 0.3 is 0 Å². The first-order valence-corrected chi connectivity index (χ1v) is 11.1. The minimum Gasteiger partial charge on any atom is -0.497 e. The van der Waals surface area contributed by atoms with Crippen LogP contribution in [-0.4, -0.2) is 40.1 Å². The standard InChI is InChI=1S/C24H24N4O2S/c1-4-28(21-14-8-10-17-9-5-6-13-20(17)21)22(29)16-31-24-26-25-23(27(24)2)18-11-7-12-19(15-18)30-3/h5-15H,4,16H2,1-3H3. The van der Waals surface area contributed by atoms with Crippen LogP contribution in [0, 0.1) is 0 Å². The molecule has 3 aromatic carbocycles. The average Bonchev–Trinajstić information content (AvgIpc) is 3.18. The molecule has 4 rings (SSSR count). The van der Waals surface area contributed by atoms with Crippen LogP contribution in [0.3, 0.4) is 0 Å². The van der Waals surface area contributed by atoms with Gasteiger partial charge in [0.25, 0.3) is 0 Å². The van der Waals surface area contributed by atoms with E-state index in [1.807, 2.05) is 72.0 Å². The summed E-state index contributed by atoms with van der Waals surface area (Å²) in [4.78, 5) is 14.9. The predicted molar refractivity (Wildman–Crippen MR) is 126 cm³/mol. The normalized spacial score (nSPS) is 10.9. The molecular weight excluding hydrogens is 408 g/mol. The SMILES string of the molecule is CCN(C(=O)CSc1nnc(-c2cccc(OC)c2)n1C)c1cccc2ccccc12. The van der Waals surface area contributed by atoms with E-state index in [1.54, 1.807) is 7.11 Å². The van der Waals surface area contributed by atoms with Crippen LogP contribution >= 0.6 is 11.8 Å². The number of rotatable bonds is 7. The van der Waals surface area contributed by atoms with Crippen molar-refractivity contribution in [1.29, 1.82) is 0 Å². The predicted octanol–water partition coefficient (Wildman–Crippen LogP) is 4.79. The van der Waals surface area contributed by atoms with E-state index >= 15 is 0 Å². The van der Waals surface area contributed by atoms with Crippen LogP contribution in [0.1, 0.15) is 6.92 Å². The molecule has 0 aliphatic rings. The number of ether oxygens (including phenoxy) is 1. The van der Waals surface area contributed by atoms with Crippen molar-refractivity contribution in [3.8, 4) is 17.1 Å². The van der Waals surface area contributed by atoms with E-state index in [2.05, 4.69) is 28.4 Å². The molecule has 0 aliphatic heterocycles. The van der Waals surface area contributed by atoms with Crippen LogP contribution in [0.15, 0.2) is 71.9 Å². The first kappa shape index (κ1) is 20.9. The lowest BCUT2D eigenvalue weighted by atomic mass is 10.1. The van der Waals surface area contributed by atoms with Crippen molar-refractivity contribution in [2.75, 3.05) is 24.3 Å². The van der Waals surface area contributed by atoms with Gasteiger partial charge in [0.05, 0.1) is 18.6 Å². The Labute approximate surface area is 185 Å². The van der Waals surface area contributed by atoms with E-state index in [-0.39, 0.29) is 11.7 Å². The molecule has 1 heterocycles. The Kier molecular flexibility index (Phi) is 6.23. The third kappa shape index (κ3) is 4.27. The molecule has 158 valence electrons. The van der Waals surface area contributed by atoms with Crippen LogP contribution in [-0.2, 0) is 11.8 Å². The number of amides is 1. The van der Waals surface area contributed by atoms with E-state index in [4.69, 9.17) is 4.74 Å². The number of hydrogen-bond donors (Lipinski definition) is 0. The molecule has 4 aromatic rings. The molecule has 0 N–H and O–H groups in total. The highest BCUT2D eigenvalue weighted by atomic mass is 32.2. The van der Waals surface area contributed by atoms with Crippen LogP contribution < -0.4 is 9.64 Å². The first-order valence-electron chi connectivity index (χ1n) is 10.1. The van der Waals surface area contributed by atoms with Gasteiger partial charge in [-0.1, -0.05) is 60.3 Å². The second-order valence-corrected chi connectivity index (χ2v) is 7.96. The number of methoxy groups -OCH3 is 1. The highest BCUT2D eigenvalue weighted by molar-refractivity contribution is 7.99. The fourth-order valence-electron chi connectivity index (χ4n) is 3.58. The minimum absolute atomic E-state index is 0.0368. The Morgan fingerprint density at radius 3 is 2.65 bits per heavy atom. The fourth-order valence-corrected chi connectivity index (χ4v) is 4.37. The quantitative estimate of drug-likeness (QED) is 0.393. The molecule has 0 fully saturated rings. The molecule has 0 unspecified atom stereocenters. The van der Waals surface area contributed by atoms with Gasteiger partial charge in [0.1, 0.15) is 5.75 Å². The van der Waals surface area contributed by atoms with E-state index < -0.39 is 0 Å². The van der Waals surface area contributed by atoms with Crippen LogP contribution in [0.25, 0.3) is 22.2 Å². The Bertz CT molecular complexity index is 1220. The number of nitrogens with zero attached hydrogens (tertiary/aromatic N) is 4. The first-order chi connectivity index (χ1) is 15.1. The van der Waals surface area contributed by atoms with E-state index in [0.29, 0.717) is 11.7 Å². The molecule has 0 atom stereocenters. The van der Waals surface area contributed by atoms with E-state index in [9.17, 15) is 4.79 Å². The van der Waals surface area contributed by atoms with Crippen LogP contribution in [0.2, 0.25) is 0 Å². The lowest BCUT2D eigenvalue weighted by molar-refractivity contribution is -0.116. The third-order valence-electron chi connectivity index (χ3n) is 5.16. The lowest BCUT2D eigenvalue weighted by Crippen LogP contribution is -2.32. The molecule has 0 bridgehead atoms. The molecule has 1 amide bonds. The molecule has 7 heteroatoms. The van der Waals surface area contributed by atoms with Gasteiger partial charge in [0.15, 0.2) is 11.0 Å². The second-order valence-electron chi connectivity index (χ2n) is 7.02. The van der Waals surface area contributed by atoms with Crippen LogP contribution in [0.5, 0.6) is 5.75 Å². The summed E-state index contributed by atoms with van der Waals surface area (Å²) >= 11 is 1.39. The van der Waals surface area contributed by atoms with Crippen LogP contribution in [0.4, 0.5) is 5.69 Å². The molecule has 0 saturated carbocycles. The number of benzene rings is 3. The van der Waals surface area contributed by atoms with Gasteiger partial charge in [-0.3, -0.25) is 4.79 Å². The monoisotopic (exact) mass is 432 g/mol. The number of carbonyl (C=O) groups is 1. The summed E-state index contributed by atoms with van der Waals surface area (Å²) < 4.78 is 7.20. The zero-order chi connectivity index (χ0) is 21.8. The zero-order valence-corrected chi connectivity index (χ0v) is 18.6. The molecular formula is C24H24N4O2S. The third-order valence-corrected chi connectivity index (χ3v) is 6.17. The van der Waals surface area contributed by atoms with Gasteiger partial charge in [0, 0.05) is 24.5 Å². The second kappa shape index (κ2) is 9.22. The van der Waals surface area contributed by atoms with E-state index in [0.717, 1.165) is 33.6 Å². The largest absolute Gasteiger partial charge is 0.497 e. The summed E-state index contributed by atoms with van der Waals surface area (Å²) in [7, 11) is 3.54. The molecule has 0 aliphatic carbocycles. The Morgan fingerprint density at radius 2 is 1.84 bits per heavy atom. The molecule has 6 nitrogen and oxygen atoms in total. The molecule has 0 spiro atoms. The summed E-state index contributed by atoms with van der Waals surface area (Å²) in [6, 6.07) is 21.9. The van der Waals surface area contributed by atoms with Crippen molar-refractivity contribution >= 4 is 34.1 Å². The van der Waals surface area contributed by atoms with Crippen molar-refractivity contribution in [2.24, 2.45) is 7.05 Å². The Morgan fingerprint density at radius 1 is 1.06 bits per heavy atom. The maximum Gasteiger partial charge on any atom is 0.237 e. The average molecular weight is 433 g/mol. The summed E-state index contributed by atoms with van der Waals surface area (Å²) in [6.45, 7) is 2.59. The highest BCUT2D eigenvalue weighted by Crippen LogP contribution is 2.29. The number of carbonyl (C=O) groups excluding carboxylic acids is 1. The van der Waals surface area contributed by atoms with Crippen molar-refractivity contribution in [1.82, 2.24) is 14.8 Å². The number of fused-ring (bicyclic) bond motifs is 1. The van der Waals surface area contributed by atoms with Gasteiger partial charge in [-0.05, 0) is 30.5 Å². The van der Waals surface area contributed by atoms with Gasteiger partial charge < -0.3 is 14.2 Å². The number of aromatic nitrogens is 3.